The molecule has 8 heteroatoms. The minimum atomic E-state index is -0.107. The number of thiocarbonyl (C=S) groups is 1. The minimum absolute atomic E-state index is 0.107. The van der Waals surface area contributed by atoms with Crippen molar-refractivity contribution < 1.29 is 14.2 Å². The van der Waals surface area contributed by atoms with Gasteiger partial charge in [-0.2, -0.15) is 0 Å². The molecule has 0 saturated carbocycles. The quantitative estimate of drug-likeness (QED) is 0.492. The predicted molar refractivity (Wildman–Crippen MR) is 129 cm³/mol. The maximum Gasteiger partial charge on any atom is 0.203 e. The van der Waals surface area contributed by atoms with Crippen LogP contribution in [0.5, 0.6) is 17.2 Å². The summed E-state index contributed by atoms with van der Waals surface area (Å²) in [4.78, 5) is 2.20. The van der Waals surface area contributed by atoms with Gasteiger partial charge in [0.25, 0.3) is 0 Å². The van der Waals surface area contributed by atoms with Gasteiger partial charge in [0.15, 0.2) is 16.6 Å². The van der Waals surface area contributed by atoms with Gasteiger partial charge in [-0.1, -0.05) is 22.0 Å². The number of fused-ring (bicyclic) bond motifs is 1. The number of ether oxygens (including phenoxy) is 3. The van der Waals surface area contributed by atoms with E-state index in [1.165, 1.54) is 0 Å². The molecule has 1 N–H and O–H groups in total. The molecule has 3 aromatic rings. The van der Waals surface area contributed by atoms with E-state index in [1.54, 1.807) is 21.3 Å². The fourth-order valence-corrected chi connectivity index (χ4v) is 4.69. The van der Waals surface area contributed by atoms with E-state index < -0.39 is 0 Å². The average molecular weight is 502 g/mol. The largest absolute Gasteiger partial charge is 0.493 e. The van der Waals surface area contributed by atoms with Gasteiger partial charge in [0.05, 0.1) is 27.4 Å². The number of nitrogens with zero attached hydrogens (tertiary/aromatic N) is 2. The molecule has 0 amide bonds. The lowest BCUT2D eigenvalue weighted by Gasteiger charge is -2.39. The lowest BCUT2D eigenvalue weighted by Crippen LogP contribution is -2.44. The summed E-state index contributed by atoms with van der Waals surface area (Å²) in [5.74, 6) is 1.80. The molecule has 1 aromatic heterocycles. The maximum atomic E-state index is 5.85. The molecule has 0 fully saturated rings. The number of nitrogens with one attached hydrogen (secondary N) is 1. The summed E-state index contributed by atoms with van der Waals surface area (Å²) in [5, 5.41) is 4.04. The van der Waals surface area contributed by atoms with Crippen molar-refractivity contribution in [2.75, 3.05) is 33.2 Å². The van der Waals surface area contributed by atoms with E-state index in [2.05, 4.69) is 49.0 Å². The molecule has 0 unspecified atom stereocenters. The van der Waals surface area contributed by atoms with Crippen LogP contribution in [-0.2, 0) is 6.54 Å². The predicted octanol–water partition coefficient (Wildman–Crippen LogP) is 5.08. The summed E-state index contributed by atoms with van der Waals surface area (Å²) in [6, 6.07) is 16.0. The van der Waals surface area contributed by atoms with Crippen LogP contribution in [0.15, 0.2) is 59.2 Å². The molecule has 0 aliphatic carbocycles. The Hall–Kier alpha value is -2.71. The van der Waals surface area contributed by atoms with Crippen molar-refractivity contribution in [2.24, 2.45) is 0 Å². The van der Waals surface area contributed by atoms with Gasteiger partial charge in [-0.25, -0.2) is 0 Å². The van der Waals surface area contributed by atoms with Gasteiger partial charge < -0.3 is 29.0 Å². The number of methoxy groups -OCH3 is 3. The van der Waals surface area contributed by atoms with Gasteiger partial charge in [0, 0.05) is 35.1 Å². The number of rotatable bonds is 5. The van der Waals surface area contributed by atoms with E-state index >= 15 is 0 Å². The minimum Gasteiger partial charge on any atom is -0.493 e. The van der Waals surface area contributed by atoms with Crippen molar-refractivity contribution in [1.29, 1.82) is 0 Å². The molecule has 1 aliphatic rings. The van der Waals surface area contributed by atoms with Crippen molar-refractivity contribution >= 4 is 38.9 Å². The van der Waals surface area contributed by atoms with Crippen LogP contribution in [0.3, 0.4) is 0 Å². The first-order valence-electron chi connectivity index (χ1n) is 9.84. The van der Waals surface area contributed by atoms with Crippen molar-refractivity contribution in [2.45, 2.75) is 12.6 Å². The topological polar surface area (TPSA) is 47.9 Å². The van der Waals surface area contributed by atoms with Crippen molar-refractivity contribution in [3.05, 3.63) is 70.5 Å². The summed E-state index contributed by atoms with van der Waals surface area (Å²) >= 11 is 9.37. The standard InChI is InChI=1S/C23H24BrN3O3S/c1-28-19-12-15(13-20(29-2)22(19)30-3)21-18-8-5-9-26(18)10-11-27(21)23(31)25-17-7-4-6-16(24)14-17/h4-9,12-14,21H,10-11H2,1-3H3,(H,25,31)/t21-/m0/s1. The molecular weight excluding hydrogens is 478 g/mol. The molecular formula is C23H24BrN3O3S. The summed E-state index contributed by atoms with van der Waals surface area (Å²) in [5.41, 5.74) is 3.09. The monoisotopic (exact) mass is 501 g/mol. The van der Waals surface area contributed by atoms with Gasteiger partial charge in [-0.3, -0.25) is 0 Å². The zero-order valence-electron chi connectivity index (χ0n) is 17.6. The Kier molecular flexibility index (Phi) is 6.38. The van der Waals surface area contributed by atoms with Gasteiger partial charge in [0.1, 0.15) is 0 Å². The van der Waals surface area contributed by atoms with Crippen LogP contribution in [0.4, 0.5) is 5.69 Å². The van der Waals surface area contributed by atoms with Crippen LogP contribution in [-0.4, -0.2) is 42.5 Å². The van der Waals surface area contributed by atoms with Crippen molar-refractivity contribution in [1.82, 2.24) is 9.47 Å². The Morgan fingerprint density at radius 2 is 1.74 bits per heavy atom. The number of hydrogen-bond donors (Lipinski definition) is 1. The van der Waals surface area contributed by atoms with Crippen molar-refractivity contribution in [3.63, 3.8) is 0 Å². The Bertz CT molecular complexity index is 1080. The molecule has 0 radical (unpaired) electrons. The third-order valence-corrected chi connectivity index (χ3v) is 6.21. The summed E-state index contributed by atoms with van der Waals surface area (Å²) in [7, 11) is 4.86. The van der Waals surface area contributed by atoms with Crippen LogP contribution in [0.1, 0.15) is 17.3 Å². The zero-order chi connectivity index (χ0) is 22.0. The third-order valence-electron chi connectivity index (χ3n) is 5.38. The first-order valence-corrected chi connectivity index (χ1v) is 11.0. The van der Waals surface area contributed by atoms with Gasteiger partial charge in [-0.15, -0.1) is 0 Å². The number of anilines is 1. The average Bonchev–Trinajstić information content (AvgIpc) is 3.26. The molecule has 1 atom stereocenters. The molecule has 0 bridgehead atoms. The summed E-state index contributed by atoms with van der Waals surface area (Å²) < 4.78 is 20.0. The van der Waals surface area contributed by atoms with E-state index in [9.17, 15) is 0 Å². The molecule has 6 nitrogen and oxygen atoms in total. The van der Waals surface area contributed by atoms with Crippen LogP contribution in [0.2, 0.25) is 0 Å². The lowest BCUT2D eigenvalue weighted by molar-refractivity contribution is 0.288. The van der Waals surface area contributed by atoms with Crippen LogP contribution < -0.4 is 19.5 Å². The summed E-state index contributed by atoms with van der Waals surface area (Å²) in [6.45, 7) is 1.62. The van der Waals surface area contributed by atoms with Crippen LogP contribution in [0.25, 0.3) is 0 Å². The molecule has 0 spiro atoms. The Morgan fingerprint density at radius 1 is 1.00 bits per heavy atom. The van der Waals surface area contributed by atoms with E-state index in [0.717, 1.165) is 34.5 Å². The maximum absolute atomic E-state index is 5.85. The Morgan fingerprint density at radius 3 is 2.39 bits per heavy atom. The number of hydrogen-bond acceptors (Lipinski definition) is 4. The Labute approximate surface area is 195 Å². The number of benzene rings is 2. The lowest BCUT2D eigenvalue weighted by atomic mass is 9.99. The zero-order valence-corrected chi connectivity index (χ0v) is 20.0. The fraction of sp³-hybridized carbons (Fsp3) is 0.261. The fourth-order valence-electron chi connectivity index (χ4n) is 3.97. The first-order chi connectivity index (χ1) is 15.0. The normalized spacial score (nSPS) is 15.2. The highest BCUT2D eigenvalue weighted by Crippen LogP contribution is 2.43. The molecule has 31 heavy (non-hydrogen) atoms. The highest BCUT2D eigenvalue weighted by atomic mass is 79.9. The van der Waals surface area contributed by atoms with E-state index in [1.807, 2.05) is 36.4 Å². The van der Waals surface area contributed by atoms with E-state index in [0.29, 0.717) is 22.4 Å². The smallest absolute Gasteiger partial charge is 0.203 e. The number of halogens is 1. The van der Waals surface area contributed by atoms with Gasteiger partial charge >= 0.3 is 0 Å². The van der Waals surface area contributed by atoms with E-state index in [4.69, 9.17) is 26.4 Å². The van der Waals surface area contributed by atoms with Crippen molar-refractivity contribution in [3.8, 4) is 17.2 Å². The van der Waals surface area contributed by atoms with Gasteiger partial charge in [-0.05, 0) is 60.2 Å². The molecule has 0 saturated heterocycles. The van der Waals surface area contributed by atoms with Crippen LogP contribution in [0, 0.1) is 0 Å². The van der Waals surface area contributed by atoms with Crippen LogP contribution >= 0.6 is 28.1 Å². The summed E-state index contributed by atoms with van der Waals surface area (Å²) in [6.07, 6.45) is 2.10. The number of aromatic nitrogens is 1. The SMILES string of the molecule is COc1cc([C@H]2c3cccn3CCN2C(=S)Nc2cccc(Br)c2)cc(OC)c1OC. The first kappa shape index (κ1) is 21.5. The van der Waals surface area contributed by atoms with Gasteiger partial charge in [0.2, 0.25) is 5.75 Å². The third kappa shape index (κ3) is 4.22. The highest BCUT2D eigenvalue weighted by Gasteiger charge is 2.32. The second kappa shape index (κ2) is 9.20. The molecule has 1 aliphatic heterocycles. The molecule has 162 valence electrons. The molecule has 2 aromatic carbocycles. The van der Waals surface area contributed by atoms with E-state index in [-0.39, 0.29) is 6.04 Å². The molecule has 2 heterocycles. The second-order valence-electron chi connectivity index (χ2n) is 7.12. The second-order valence-corrected chi connectivity index (χ2v) is 8.42. The molecule has 4 rings (SSSR count). The Balaban J connectivity index is 1.76. The highest BCUT2D eigenvalue weighted by molar-refractivity contribution is 9.10.